The highest BCUT2D eigenvalue weighted by atomic mass is 16.5. The van der Waals surface area contributed by atoms with Crippen LogP contribution in [0.5, 0.6) is 5.75 Å². The fraction of sp³-hybridized carbons (Fsp3) is 0.286. The van der Waals surface area contributed by atoms with Crippen LogP contribution in [0.15, 0.2) is 24.3 Å². The number of benzene rings is 1. The number of nitrogens with one attached hydrogen (secondary N) is 1. The Balaban J connectivity index is 2.55. The van der Waals surface area contributed by atoms with E-state index in [1.165, 1.54) is 0 Å². The van der Waals surface area contributed by atoms with Crippen molar-refractivity contribution in [3.63, 3.8) is 0 Å². The average Bonchev–Trinajstić information content (AvgIpc) is 2.81. The molecular weight excluding hydrogens is 244 g/mol. The van der Waals surface area contributed by atoms with Crippen molar-refractivity contribution in [1.82, 2.24) is 10.2 Å². The lowest BCUT2D eigenvalue weighted by molar-refractivity contribution is 0.0520. The number of H-pyrrole nitrogens is 1. The quantitative estimate of drug-likeness (QED) is 0.858. The lowest BCUT2D eigenvalue weighted by Crippen LogP contribution is -2.07. The molecule has 19 heavy (non-hydrogen) atoms. The van der Waals surface area contributed by atoms with Crippen molar-refractivity contribution in [1.29, 1.82) is 0 Å². The standard InChI is InChI=1S/C14H16N2O3/c1-4-19-14(17)13-12(9(2)15-16-13)10-7-5-6-8-11(10)18-3/h5-8H,4H2,1-3H3,(H,15,16). The molecule has 1 aromatic carbocycles. The Labute approximate surface area is 111 Å². The molecule has 0 aliphatic heterocycles. The number of carbonyl (C=O) groups excluding carboxylic acids is 1. The van der Waals surface area contributed by atoms with E-state index in [1.807, 2.05) is 31.2 Å². The van der Waals surface area contributed by atoms with E-state index in [1.54, 1.807) is 14.0 Å². The second-order valence-electron chi connectivity index (χ2n) is 3.99. The van der Waals surface area contributed by atoms with Crippen LogP contribution in [0.3, 0.4) is 0 Å². The molecule has 100 valence electrons. The predicted molar refractivity (Wildman–Crippen MR) is 71.3 cm³/mol. The first-order valence-electron chi connectivity index (χ1n) is 6.04. The highest BCUT2D eigenvalue weighted by Crippen LogP contribution is 2.33. The third-order valence-corrected chi connectivity index (χ3v) is 2.79. The summed E-state index contributed by atoms with van der Waals surface area (Å²) in [5.41, 5.74) is 2.62. The van der Waals surface area contributed by atoms with Gasteiger partial charge in [-0.05, 0) is 19.9 Å². The van der Waals surface area contributed by atoms with Crippen LogP contribution in [0.25, 0.3) is 11.1 Å². The number of hydrogen-bond donors (Lipinski definition) is 1. The molecule has 0 atom stereocenters. The number of aromatic nitrogens is 2. The summed E-state index contributed by atoms with van der Waals surface area (Å²) in [6.45, 7) is 3.94. The number of nitrogens with zero attached hydrogens (tertiary/aromatic N) is 1. The number of para-hydroxylation sites is 1. The minimum atomic E-state index is -0.437. The Morgan fingerprint density at radius 2 is 2.11 bits per heavy atom. The zero-order chi connectivity index (χ0) is 13.8. The van der Waals surface area contributed by atoms with Crippen LogP contribution >= 0.6 is 0 Å². The van der Waals surface area contributed by atoms with Gasteiger partial charge in [-0.3, -0.25) is 5.10 Å². The third kappa shape index (κ3) is 2.45. The Hall–Kier alpha value is -2.30. The Bertz CT molecular complexity index is 590. The largest absolute Gasteiger partial charge is 0.496 e. The number of hydrogen-bond acceptors (Lipinski definition) is 4. The van der Waals surface area contributed by atoms with E-state index in [4.69, 9.17) is 9.47 Å². The first-order valence-corrected chi connectivity index (χ1v) is 6.04. The molecule has 0 amide bonds. The van der Waals surface area contributed by atoms with Crippen molar-refractivity contribution in [3.05, 3.63) is 35.7 Å². The molecular formula is C14H16N2O3. The summed E-state index contributed by atoms with van der Waals surface area (Å²) in [4.78, 5) is 11.9. The van der Waals surface area contributed by atoms with Gasteiger partial charge in [0.2, 0.25) is 0 Å². The highest BCUT2D eigenvalue weighted by Gasteiger charge is 2.22. The number of rotatable bonds is 4. The van der Waals surface area contributed by atoms with Gasteiger partial charge in [0.1, 0.15) is 5.75 Å². The van der Waals surface area contributed by atoms with Gasteiger partial charge in [0.15, 0.2) is 5.69 Å². The molecule has 1 heterocycles. The van der Waals surface area contributed by atoms with Gasteiger partial charge in [0.25, 0.3) is 0 Å². The zero-order valence-electron chi connectivity index (χ0n) is 11.2. The van der Waals surface area contributed by atoms with Gasteiger partial charge in [-0.1, -0.05) is 18.2 Å². The second kappa shape index (κ2) is 5.56. The molecule has 0 aliphatic rings. The maximum Gasteiger partial charge on any atom is 0.359 e. The van der Waals surface area contributed by atoms with Gasteiger partial charge >= 0.3 is 5.97 Å². The van der Waals surface area contributed by atoms with Gasteiger partial charge in [-0.2, -0.15) is 5.10 Å². The Kier molecular flexibility index (Phi) is 3.85. The van der Waals surface area contributed by atoms with Gasteiger partial charge in [-0.25, -0.2) is 4.79 Å². The summed E-state index contributed by atoms with van der Waals surface area (Å²) in [7, 11) is 1.60. The molecule has 1 aromatic heterocycles. The van der Waals surface area contributed by atoms with Gasteiger partial charge in [0.05, 0.1) is 13.7 Å². The van der Waals surface area contributed by atoms with E-state index < -0.39 is 5.97 Å². The van der Waals surface area contributed by atoms with Crippen LogP contribution < -0.4 is 4.74 Å². The monoisotopic (exact) mass is 260 g/mol. The normalized spacial score (nSPS) is 10.3. The van der Waals surface area contributed by atoms with Crippen molar-refractivity contribution in [2.45, 2.75) is 13.8 Å². The summed E-state index contributed by atoms with van der Waals surface area (Å²) in [5.74, 6) is 0.255. The highest BCUT2D eigenvalue weighted by molar-refractivity contribution is 5.97. The van der Waals surface area contributed by atoms with Crippen molar-refractivity contribution < 1.29 is 14.3 Å². The molecule has 0 unspecified atom stereocenters. The third-order valence-electron chi connectivity index (χ3n) is 2.79. The molecule has 5 nitrogen and oxygen atoms in total. The van der Waals surface area contributed by atoms with Gasteiger partial charge in [-0.15, -0.1) is 0 Å². The minimum Gasteiger partial charge on any atom is -0.496 e. The molecule has 0 saturated heterocycles. The Morgan fingerprint density at radius 3 is 2.79 bits per heavy atom. The van der Waals surface area contributed by atoms with Crippen molar-refractivity contribution in [2.75, 3.05) is 13.7 Å². The van der Waals surface area contributed by atoms with Crippen LogP contribution in [0.4, 0.5) is 0 Å². The van der Waals surface area contributed by atoms with E-state index in [2.05, 4.69) is 10.2 Å². The predicted octanol–water partition coefficient (Wildman–Crippen LogP) is 2.57. The van der Waals surface area contributed by atoms with E-state index in [-0.39, 0.29) is 5.69 Å². The fourth-order valence-electron chi connectivity index (χ4n) is 1.96. The topological polar surface area (TPSA) is 64.2 Å². The average molecular weight is 260 g/mol. The number of methoxy groups -OCH3 is 1. The molecule has 1 N–H and O–H groups in total. The SMILES string of the molecule is CCOC(=O)c1n[nH]c(C)c1-c1ccccc1OC. The summed E-state index contributed by atoms with van der Waals surface area (Å²) in [6.07, 6.45) is 0. The number of aryl methyl sites for hydroxylation is 1. The molecule has 0 aliphatic carbocycles. The summed E-state index contributed by atoms with van der Waals surface area (Å²) in [5, 5.41) is 6.85. The number of ether oxygens (including phenoxy) is 2. The zero-order valence-corrected chi connectivity index (χ0v) is 11.2. The molecule has 0 saturated carbocycles. The van der Waals surface area contributed by atoms with Crippen LogP contribution in [-0.4, -0.2) is 29.9 Å². The van der Waals surface area contributed by atoms with E-state index in [0.717, 1.165) is 16.8 Å². The van der Waals surface area contributed by atoms with Gasteiger partial charge < -0.3 is 9.47 Å². The van der Waals surface area contributed by atoms with E-state index in [9.17, 15) is 4.79 Å². The Morgan fingerprint density at radius 1 is 1.37 bits per heavy atom. The first-order chi connectivity index (χ1) is 9.19. The lowest BCUT2D eigenvalue weighted by Gasteiger charge is -2.09. The van der Waals surface area contributed by atoms with Crippen molar-refractivity contribution in [2.24, 2.45) is 0 Å². The second-order valence-corrected chi connectivity index (χ2v) is 3.99. The van der Waals surface area contributed by atoms with Crippen LogP contribution in [0.1, 0.15) is 23.1 Å². The summed E-state index contributed by atoms with van der Waals surface area (Å²) in [6, 6.07) is 7.50. The molecule has 2 aromatic rings. The molecule has 0 radical (unpaired) electrons. The van der Waals surface area contributed by atoms with Crippen LogP contribution in [0.2, 0.25) is 0 Å². The molecule has 2 rings (SSSR count). The lowest BCUT2D eigenvalue weighted by atomic mass is 10.0. The fourth-order valence-corrected chi connectivity index (χ4v) is 1.96. The minimum absolute atomic E-state index is 0.281. The van der Waals surface area contributed by atoms with E-state index >= 15 is 0 Å². The number of carbonyl (C=O) groups is 1. The number of aromatic amines is 1. The van der Waals surface area contributed by atoms with Crippen molar-refractivity contribution >= 4 is 5.97 Å². The molecule has 0 bridgehead atoms. The van der Waals surface area contributed by atoms with E-state index in [0.29, 0.717) is 12.4 Å². The first kappa shape index (κ1) is 13.1. The molecule has 0 spiro atoms. The smallest absolute Gasteiger partial charge is 0.359 e. The number of esters is 1. The van der Waals surface area contributed by atoms with Gasteiger partial charge in [0, 0.05) is 16.8 Å². The van der Waals surface area contributed by atoms with Crippen LogP contribution in [-0.2, 0) is 4.74 Å². The maximum absolute atomic E-state index is 11.9. The summed E-state index contributed by atoms with van der Waals surface area (Å²) >= 11 is 0. The van der Waals surface area contributed by atoms with Crippen molar-refractivity contribution in [3.8, 4) is 16.9 Å². The summed E-state index contributed by atoms with van der Waals surface area (Å²) < 4.78 is 10.3. The molecule has 0 fully saturated rings. The molecule has 5 heteroatoms. The van der Waals surface area contributed by atoms with Crippen LogP contribution in [0, 0.1) is 6.92 Å². The maximum atomic E-state index is 11.9.